The summed E-state index contributed by atoms with van der Waals surface area (Å²) in [6.07, 6.45) is 3.05. The highest BCUT2D eigenvalue weighted by atomic mass is 32.1. The van der Waals surface area contributed by atoms with Crippen LogP contribution in [0, 0.1) is 0 Å². The number of thiophene rings is 1. The van der Waals surface area contributed by atoms with Gasteiger partial charge in [0, 0.05) is 11.3 Å². The number of amides is 2. The first-order valence-corrected chi connectivity index (χ1v) is 11.1. The van der Waals surface area contributed by atoms with E-state index in [0.717, 1.165) is 10.4 Å². The molecule has 1 saturated heterocycles. The fourth-order valence-corrected chi connectivity index (χ4v) is 3.71. The Morgan fingerprint density at radius 1 is 1.10 bits per heavy atom. The van der Waals surface area contributed by atoms with Crippen molar-refractivity contribution in [2.75, 3.05) is 20.2 Å². The quantitative estimate of drug-likeness (QED) is 0.631. The minimum absolute atomic E-state index is 0.107. The summed E-state index contributed by atoms with van der Waals surface area (Å²) >= 11 is 1.55. The molecule has 162 valence electrons. The smallest absolute Gasteiger partial charge is 0.325 e. The number of hydrogen-bond acceptors (Lipinski definition) is 5. The molecule has 1 aliphatic rings. The summed E-state index contributed by atoms with van der Waals surface area (Å²) in [6.45, 7) is 4.44. The molecule has 0 saturated carbocycles. The summed E-state index contributed by atoms with van der Waals surface area (Å²) in [4.78, 5) is 41.2. The Hall–Kier alpha value is -2.67. The molecule has 1 unspecified atom stereocenters. The van der Waals surface area contributed by atoms with Crippen molar-refractivity contribution in [3.8, 4) is 0 Å². The third-order valence-electron chi connectivity index (χ3n) is 4.85. The van der Waals surface area contributed by atoms with Crippen LogP contribution < -0.4 is 0 Å². The van der Waals surface area contributed by atoms with Crippen molar-refractivity contribution in [1.82, 2.24) is 9.80 Å². The van der Waals surface area contributed by atoms with Gasteiger partial charge in [-0.05, 0) is 17.0 Å². The molecule has 2 aromatic rings. The molecule has 0 aliphatic carbocycles. The second-order valence-corrected chi connectivity index (χ2v) is 8.11. The Morgan fingerprint density at radius 3 is 2.37 bits per heavy atom. The first-order chi connectivity index (χ1) is 14.5. The number of methoxy groups -OCH3 is 1. The van der Waals surface area contributed by atoms with E-state index in [9.17, 15) is 14.4 Å². The Bertz CT molecular complexity index is 806. The largest absolute Gasteiger partial charge is 0.468 e. The van der Waals surface area contributed by atoms with Crippen molar-refractivity contribution < 1.29 is 19.1 Å². The maximum atomic E-state index is 13.0. The second-order valence-electron chi connectivity index (χ2n) is 7.08. The minimum Gasteiger partial charge on any atom is -0.468 e. The predicted octanol–water partition coefficient (Wildman–Crippen LogP) is 3.51. The minimum atomic E-state index is -0.634. The molecule has 0 bridgehead atoms. The maximum absolute atomic E-state index is 13.0. The van der Waals surface area contributed by atoms with Crippen molar-refractivity contribution in [1.29, 1.82) is 0 Å². The number of ether oxygens (including phenoxy) is 1. The number of nitrogens with zero attached hydrogens (tertiary/aromatic N) is 2. The zero-order valence-corrected chi connectivity index (χ0v) is 18.7. The number of piperazine rings is 1. The number of esters is 1. The van der Waals surface area contributed by atoms with Gasteiger partial charge in [0.25, 0.3) is 0 Å². The van der Waals surface area contributed by atoms with E-state index in [1.54, 1.807) is 16.2 Å². The van der Waals surface area contributed by atoms with Crippen LogP contribution in [0.4, 0.5) is 0 Å². The first kappa shape index (κ1) is 23.6. The third kappa shape index (κ3) is 6.69. The lowest BCUT2D eigenvalue weighted by atomic mass is 10.0. The number of carbonyl (C=O) groups excluding carboxylic acids is 3. The lowest BCUT2D eigenvalue weighted by molar-refractivity contribution is -0.160. The van der Waals surface area contributed by atoms with Gasteiger partial charge in [-0.25, -0.2) is 0 Å². The fourth-order valence-electron chi connectivity index (χ4n) is 3.01. The van der Waals surface area contributed by atoms with Crippen LogP contribution in [-0.2, 0) is 32.1 Å². The van der Waals surface area contributed by atoms with Crippen LogP contribution in [0.25, 0.3) is 0 Å². The summed E-state index contributed by atoms with van der Waals surface area (Å²) < 4.78 is 4.65. The molecular formula is C23H30N2O4S. The van der Waals surface area contributed by atoms with Gasteiger partial charge in [0.2, 0.25) is 11.8 Å². The molecule has 1 atom stereocenters. The number of benzene rings is 1. The molecule has 0 radical (unpaired) electrons. The third-order valence-corrected chi connectivity index (χ3v) is 5.71. The van der Waals surface area contributed by atoms with Crippen LogP contribution in [0.3, 0.4) is 0 Å². The van der Waals surface area contributed by atoms with Crippen LogP contribution in [0.15, 0.2) is 47.8 Å². The highest BCUT2D eigenvalue weighted by Gasteiger charge is 2.40. The molecule has 0 spiro atoms. The van der Waals surface area contributed by atoms with Gasteiger partial charge < -0.3 is 14.5 Å². The van der Waals surface area contributed by atoms with Gasteiger partial charge in [-0.2, -0.15) is 0 Å². The molecule has 0 N–H and O–H groups in total. The standard InChI is InChI=1S/C19H20N2O4S.C4H10/c1-25-18(23)13-20-12-17(22)21(11-15-8-5-9-26-15)16(19(20)24)10-14-6-3-2-4-7-14;1-3-4-2/h2-9,16H,10-13H2,1H3;3-4H2,1-2H3. The topological polar surface area (TPSA) is 66.9 Å². The van der Waals surface area contributed by atoms with Crippen LogP contribution in [-0.4, -0.2) is 53.8 Å². The number of rotatable bonds is 7. The van der Waals surface area contributed by atoms with Gasteiger partial charge in [0.1, 0.15) is 19.1 Å². The van der Waals surface area contributed by atoms with E-state index in [0.29, 0.717) is 13.0 Å². The van der Waals surface area contributed by atoms with Gasteiger partial charge in [0.15, 0.2) is 0 Å². The van der Waals surface area contributed by atoms with E-state index >= 15 is 0 Å². The molecule has 30 heavy (non-hydrogen) atoms. The van der Waals surface area contributed by atoms with Crippen molar-refractivity contribution in [2.24, 2.45) is 0 Å². The zero-order valence-electron chi connectivity index (χ0n) is 17.9. The Kier molecular flexibility index (Phi) is 9.54. The Balaban J connectivity index is 0.000000735. The van der Waals surface area contributed by atoms with Crippen molar-refractivity contribution in [3.63, 3.8) is 0 Å². The second kappa shape index (κ2) is 12.1. The van der Waals surface area contributed by atoms with Gasteiger partial charge >= 0.3 is 5.97 Å². The van der Waals surface area contributed by atoms with Crippen molar-refractivity contribution in [3.05, 3.63) is 58.3 Å². The van der Waals surface area contributed by atoms with Crippen molar-refractivity contribution >= 4 is 29.1 Å². The van der Waals surface area contributed by atoms with E-state index in [1.165, 1.54) is 24.9 Å². The van der Waals surface area contributed by atoms with Crippen LogP contribution in [0.5, 0.6) is 0 Å². The van der Waals surface area contributed by atoms with E-state index in [1.807, 2.05) is 47.8 Å². The molecule has 1 aromatic carbocycles. The highest BCUT2D eigenvalue weighted by Crippen LogP contribution is 2.22. The van der Waals surface area contributed by atoms with E-state index < -0.39 is 12.0 Å². The summed E-state index contributed by atoms with van der Waals surface area (Å²) in [5, 5.41) is 1.95. The monoisotopic (exact) mass is 430 g/mol. The van der Waals surface area contributed by atoms with Crippen LogP contribution in [0.2, 0.25) is 0 Å². The summed E-state index contributed by atoms with van der Waals surface area (Å²) in [5.74, 6) is -0.922. The molecule has 1 aliphatic heterocycles. The zero-order chi connectivity index (χ0) is 21.9. The molecule has 3 rings (SSSR count). The van der Waals surface area contributed by atoms with Crippen LogP contribution in [0.1, 0.15) is 37.1 Å². The highest BCUT2D eigenvalue weighted by molar-refractivity contribution is 7.09. The van der Waals surface area contributed by atoms with Gasteiger partial charge in [-0.3, -0.25) is 14.4 Å². The van der Waals surface area contributed by atoms with Gasteiger partial charge in [-0.1, -0.05) is 63.1 Å². The first-order valence-electron chi connectivity index (χ1n) is 10.2. The predicted molar refractivity (Wildman–Crippen MR) is 118 cm³/mol. The lowest BCUT2D eigenvalue weighted by Gasteiger charge is -2.39. The van der Waals surface area contributed by atoms with E-state index in [2.05, 4.69) is 18.6 Å². The molecule has 1 aromatic heterocycles. The number of unbranched alkanes of at least 4 members (excludes halogenated alkanes) is 1. The summed E-state index contributed by atoms with van der Waals surface area (Å²) in [7, 11) is 1.27. The van der Waals surface area contributed by atoms with E-state index in [-0.39, 0.29) is 24.9 Å². The van der Waals surface area contributed by atoms with Gasteiger partial charge in [-0.15, -0.1) is 11.3 Å². The molecule has 2 amide bonds. The normalized spacial score (nSPS) is 16.2. The molecular weight excluding hydrogens is 400 g/mol. The molecule has 1 fully saturated rings. The lowest BCUT2D eigenvalue weighted by Crippen LogP contribution is -2.61. The number of carbonyl (C=O) groups is 3. The Labute approximate surface area is 182 Å². The average Bonchev–Trinajstić information content (AvgIpc) is 3.28. The molecule has 6 nitrogen and oxygen atoms in total. The Morgan fingerprint density at radius 2 is 1.80 bits per heavy atom. The SMILES string of the molecule is CCCC.COC(=O)CN1CC(=O)N(Cc2cccs2)C(Cc2ccccc2)C1=O. The summed E-state index contributed by atoms with van der Waals surface area (Å²) in [6, 6.07) is 12.8. The van der Waals surface area contributed by atoms with Crippen molar-refractivity contribution in [2.45, 2.75) is 45.7 Å². The average molecular weight is 431 g/mol. The van der Waals surface area contributed by atoms with Gasteiger partial charge in [0.05, 0.1) is 13.7 Å². The fraction of sp³-hybridized carbons (Fsp3) is 0.435. The number of hydrogen-bond donors (Lipinski definition) is 0. The molecule has 7 heteroatoms. The van der Waals surface area contributed by atoms with Crippen LogP contribution >= 0.6 is 11.3 Å². The maximum Gasteiger partial charge on any atom is 0.325 e. The van der Waals surface area contributed by atoms with E-state index in [4.69, 9.17) is 0 Å². The summed E-state index contributed by atoms with van der Waals surface area (Å²) in [5.41, 5.74) is 0.967. The molecule has 2 heterocycles.